The summed E-state index contributed by atoms with van der Waals surface area (Å²) in [6.07, 6.45) is 3.84. The number of rotatable bonds is 4. The molecule has 2 rings (SSSR count). The Morgan fingerprint density at radius 1 is 1.28 bits per heavy atom. The molecule has 3 heteroatoms. The second-order valence-corrected chi connectivity index (χ2v) is 5.00. The molecule has 1 aromatic heterocycles. The van der Waals surface area contributed by atoms with Crippen molar-refractivity contribution in [2.75, 3.05) is 0 Å². The standard InChI is InChI=1S/C15H21N3/c1-11(2)17-10-14-5-6-15(12(3)9-14)18-8-7-16-13(18)4/h5-9,11,17H,10H2,1-4H3. The van der Waals surface area contributed by atoms with Crippen LogP contribution >= 0.6 is 0 Å². The fourth-order valence-electron chi connectivity index (χ4n) is 2.05. The molecular weight excluding hydrogens is 222 g/mol. The van der Waals surface area contributed by atoms with Crippen molar-refractivity contribution in [3.63, 3.8) is 0 Å². The number of hydrogen-bond acceptors (Lipinski definition) is 2. The van der Waals surface area contributed by atoms with E-state index in [9.17, 15) is 0 Å². The lowest BCUT2D eigenvalue weighted by molar-refractivity contribution is 0.588. The number of aryl methyl sites for hydroxylation is 2. The SMILES string of the molecule is Cc1cc(CNC(C)C)ccc1-n1ccnc1C. The minimum absolute atomic E-state index is 0.515. The van der Waals surface area contributed by atoms with E-state index in [4.69, 9.17) is 0 Å². The highest BCUT2D eigenvalue weighted by Gasteiger charge is 2.05. The second kappa shape index (κ2) is 5.36. The van der Waals surface area contributed by atoms with Crippen LogP contribution < -0.4 is 5.32 Å². The quantitative estimate of drug-likeness (QED) is 0.894. The van der Waals surface area contributed by atoms with E-state index in [2.05, 4.69) is 53.8 Å². The average Bonchev–Trinajstić information content (AvgIpc) is 2.73. The summed E-state index contributed by atoms with van der Waals surface area (Å²) in [7, 11) is 0. The number of nitrogens with one attached hydrogen (secondary N) is 1. The molecule has 0 fully saturated rings. The Morgan fingerprint density at radius 2 is 2.06 bits per heavy atom. The van der Waals surface area contributed by atoms with Crippen molar-refractivity contribution < 1.29 is 0 Å². The van der Waals surface area contributed by atoms with Gasteiger partial charge in [0.15, 0.2) is 0 Å². The molecule has 2 aromatic rings. The molecule has 3 nitrogen and oxygen atoms in total. The monoisotopic (exact) mass is 243 g/mol. The van der Waals surface area contributed by atoms with E-state index in [0.717, 1.165) is 12.4 Å². The largest absolute Gasteiger partial charge is 0.310 e. The van der Waals surface area contributed by atoms with Crippen molar-refractivity contribution in [3.8, 4) is 5.69 Å². The third-order valence-electron chi connectivity index (χ3n) is 3.06. The van der Waals surface area contributed by atoms with Crippen LogP contribution in [0.1, 0.15) is 30.8 Å². The van der Waals surface area contributed by atoms with Gasteiger partial charge in [-0.25, -0.2) is 4.98 Å². The Kier molecular flexibility index (Phi) is 3.82. The van der Waals surface area contributed by atoms with Crippen LogP contribution in [0.3, 0.4) is 0 Å². The molecule has 0 radical (unpaired) electrons. The van der Waals surface area contributed by atoms with E-state index in [0.29, 0.717) is 6.04 Å². The van der Waals surface area contributed by atoms with Crippen molar-refractivity contribution in [1.82, 2.24) is 14.9 Å². The molecule has 0 spiro atoms. The molecule has 0 saturated carbocycles. The van der Waals surface area contributed by atoms with Crippen molar-refractivity contribution in [3.05, 3.63) is 47.5 Å². The van der Waals surface area contributed by atoms with Crippen LogP contribution in [0.4, 0.5) is 0 Å². The van der Waals surface area contributed by atoms with Gasteiger partial charge in [-0.1, -0.05) is 26.0 Å². The van der Waals surface area contributed by atoms with Gasteiger partial charge in [0.25, 0.3) is 0 Å². The molecule has 0 bridgehead atoms. The Labute approximate surface area is 109 Å². The van der Waals surface area contributed by atoms with Crippen LogP contribution in [0, 0.1) is 13.8 Å². The summed E-state index contributed by atoms with van der Waals surface area (Å²) < 4.78 is 2.12. The molecule has 1 N–H and O–H groups in total. The fourth-order valence-corrected chi connectivity index (χ4v) is 2.05. The highest BCUT2D eigenvalue weighted by molar-refractivity contribution is 5.43. The average molecular weight is 243 g/mol. The van der Waals surface area contributed by atoms with Crippen molar-refractivity contribution in [2.45, 2.75) is 40.3 Å². The summed E-state index contributed by atoms with van der Waals surface area (Å²) in [5, 5.41) is 3.44. The Hall–Kier alpha value is -1.61. The van der Waals surface area contributed by atoms with Gasteiger partial charge in [-0.05, 0) is 31.0 Å². The van der Waals surface area contributed by atoms with Gasteiger partial charge in [0.05, 0.1) is 0 Å². The van der Waals surface area contributed by atoms with Gasteiger partial charge in [-0.15, -0.1) is 0 Å². The van der Waals surface area contributed by atoms with Gasteiger partial charge in [0.1, 0.15) is 5.82 Å². The summed E-state index contributed by atoms with van der Waals surface area (Å²) in [5.41, 5.74) is 3.81. The third kappa shape index (κ3) is 2.79. The highest BCUT2D eigenvalue weighted by Crippen LogP contribution is 2.17. The summed E-state index contributed by atoms with van der Waals surface area (Å²) in [5.74, 6) is 1.02. The molecule has 0 aliphatic carbocycles. The summed E-state index contributed by atoms with van der Waals surface area (Å²) in [6, 6.07) is 7.10. The molecule has 0 unspecified atom stereocenters. The number of aromatic nitrogens is 2. The van der Waals surface area contributed by atoms with Gasteiger partial charge in [-0.2, -0.15) is 0 Å². The molecule has 0 aliphatic rings. The molecule has 0 saturated heterocycles. The summed E-state index contributed by atoms with van der Waals surface area (Å²) >= 11 is 0. The lowest BCUT2D eigenvalue weighted by Crippen LogP contribution is -2.21. The number of nitrogens with zero attached hydrogens (tertiary/aromatic N) is 2. The van der Waals surface area contributed by atoms with Crippen LogP contribution in [-0.4, -0.2) is 15.6 Å². The number of benzene rings is 1. The topological polar surface area (TPSA) is 29.9 Å². The van der Waals surface area contributed by atoms with Crippen molar-refractivity contribution >= 4 is 0 Å². The van der Waals surface area contributed by atoms with Gasteiger partial charge in [-0.3, -0.25) is 0 Å². The maximum atomic E-state index is 4.27. The van der Waals surface area contributed by atoms with E-state index in [1.54, 1.807) is 0 Å². The zero-order valence-electron chi connectivity index (χ0n) is 11.6. The molecule has 96 valence electrons. The predicted molar refractivity (Wildman–Crippen MR) is 75.0 cm³/mol. The lowest BCUT2D eigenvalue weighted by atomic mass is 10.1. The first kappa shape index (κ1) is 12.8. The van der Waals surface area contributed by atoms with Crippen LogP contribution in [0.5, 0.6) is 0 Å². The van der Waals surface area contributed by atoms with E-state index < -0.39 is 0 Å². The van der Waals surface area contributed by atoms with E-state index in [-0.39, 0.29) is 0 Å². The van der Waals surface area contributed by atoms with Gasteiger partial charge in [0, 0.05) is 30.7 Å². The maximum absolute atomic E-state index is 4.27. The van der Waals surface area contributed by atoms with Crippen molar-refractivity contribution in [2.24, 2.45) is 0 Å². The molecule has 0 aliphatic heterocycles. The first-order chi connectivity index (χ1) is 8.58. The van der Waals surface area contributed by atoms with Gasteiger partial charge < -0.3 is 9.88 Å². The molecule has 0 amide bonds. The van der Waals surface area contributed by atoms with Crippen LogP contribution in [-0.2, 0) is 6.54 Å². The maximum Gasteiger partial charge on any atom is 0.110 e. The van der Waals surface area contributed by atoms with Crippen LogP contribution in [0.2, 0.25) is 0 Å². The molecular formula is C15H21N3. The van der Waals surface area contributed by atoms with E-state index in [1.807, 2.05) is 19.3 Å². The Morgan fingerprint density at radius 3 is 2.61 bits per heavy atom. The normalized spacial score (nSPS) is 11.2. The first-order valence-electron chi connectivity index (χ1n) is 6.41. The predicted octanol–water partition coefficient (Wildman–Crippen LogP) is 2.99. The van der Waals surface area contributed by atoms with Crippen LogP contribution in [0.15, 0.2) is 30.6 Å². The minimum atomic E-state index is 0.515. The molecule has 18 heavy (non-hydrogen) atoms. The van der Waals surface area contributed by atoms with Gasteiger partial charge >= 0.3 is 0 Å². The molecule has 1 heterocycles. The van der Waals surface area contributed by atoms with E-state index >= 15 is 0 Å². The first-order valence-corrected chi connectivity index (χ1v) is 6.41. The zero-order valence-corrected chi connectivity index (χ0v) is 11.6. The summed E-state index contributed by atoms with van der Waals surface area (Å²) in [6.45, 7) is 9.41. The lowest BCUT2D eigenvalue weighted by Gasteiger charge is -2.12. The third-order valence-corrected chi connectivity index (χ3v) is 3.06. The minimum Gasteiger partial charge on any atom is -0.310 e. The molecule has 1 aromatic carbocycles. The number of hydrogen-bond donors (Lipinski definition) is 1. The molecule has 0 atom stereocenters. The summed E-state index contributed by atoms with van der Waals surface area (Å²) in [4.78, 5) is 4.27. The number of imidazole rings is 1. The van der Waals surface area contributed by atoms with E-state index in [1.165, 1.54) is 16.8 Å². The van der Waals surface area contributed by atoms with Gasteiger partial charge in [0.2, 0.25) is 0 Å². The smallest absolute Gasteiger partial charge is 0.110 e. The second-order valence-electron chi connectivity index (χ2n) is 5.00. The van der Waals surface area contributed by atoms with Crippen molar-refractivity contribution in [1.29, 1.82) is 0 Å². The van der Waals surface area contributed by atoms with Crippen LogP contribution in [0.25, 0.3) is 5.69 Å². The zero-order chi connectivity index (χ0) is 13.1. The fraction of sp³-hybridized carbons (Fsp3) is 0.400. The highest BCUT2D eigenvalue weighted by atomic mass is 15.1. The Balaban J connectivity index is 2.23. The Bertz CT molecular complexity index is 526.